The highest BCUT2D eigenvalue weighted by molar-refractivity contribution is 6.25. The average Bonchev–Trinajstić information content (AvgIpc) is 3.91. The van der Waals surface area contributed by atoms with Crippen molar-refractivity contribution in [1.82, 2.24) is 19.5 Å². The minimum absolute atomic E-state index is 0.542. The maximum Gasteiger partial charge on any atom is 0.167 e. The first-order chi connectivity index (χ1) is 30.7. The van der Waals surface area contributed by atoms with Gasteiger partial charge in [-0.3, -0.25) is 0 Å². The van der Waals surface area contributed by atoms with E-state index in [1.54, 1.807) is 0 Å². The smallest absolute Gasteiger partial charge is 0.167 e. The van der Waals surface area contributed by atoms with E-state index in [4.69, 9.17) is 19.4 Å². The molecule has 12 rings (SSSR count). The number of aromatic nitrogens is 4. The van der Waals surface area contributed by atoms with Crippen molar-refractivity contribution in [2.45, 2.75) is 0 Å². The van der Waals surface area contributed by atoms with Crippen molar-refractivity contribution in [3.63, 3.8) is 0 Å². The van der Waals surface area contributed by atoms with Gasteiger partial charge < -0.3 is 8.98 Å². The fourth-order valence-electron chi connectivity index (χ4n) is 8.88. The van der Waals surface area contributed by atoms with Crippen molar-refractivity contribution in [2.75, 3.05) is 0 Å². The molecular formula is C57H36N4O. The van der Waals surface area contributed by atoms with Gasteiger partial charge in [0, 0.05) is 33.0 Å². The lowest BCUT2D eigenvalue weighted by atomic mass is 10.0. The molecule has 0 aliphatic heterocycles. The van der Waals surface area contributed by atoms with E-state index < -0.39 is 0 Å². The summed E-state index contributed by atoms with van der Waals surface area (Å²) in [7, 11) is 0. The molecule has 12 aromatic rings. The fourth-order valence-corrected chi connectivity index (χ4v) is 8.88. The number of nitrogens with zero attached hydrogens (tertiary/aromatic N) is 4. The summed E-state index contributed by atoms with van der Waals surface area (Å²) in [5.41, 5.74) is 14.3. The van der Waals surface area contributed by atoms with Crippen LogP contribution in [0, 0.1) is 0 Å². The van der Waals surface area contributed by atoms with E-state index in [2.05, 4.69) is 211 Å². The minimum Gasteiger partial charge on any atom is -0.455 e. The van der Waals surface area contributed by atoms with Gasteiger partial charge in [0.15, 0.2) is 17.5 Å². The highest BCUT2D eigenvalue weighted by Gasteiger charge is 2.22. The van der Waals surface area contributed by atoms with E-state index >= 15 is 0 Å². The Morgan fingerprint density at radius 3 is 1.53 bits per heavy atom. The van der Waals surface area contributed by atoms with Crippen LogP contribution in [0.2, 0.25) is 0 Å². The molecule has 5 nitrogen and oxygen atoms in total. The molecule has 0 atom stereocenters. The first kappa shape index (κ1) is 35.5. The van der Waals surface area contributed by atoms with Crippen LogP contribution in [0.1, 0.15) is 0 Å². The van der Waals surface area contributed by atoms with Crippen LogP contribution < -0.4 is 0 Å². The van der Waals surface area contributed by atoms with E-state index in [0.29, 0.717) is 17.5 Å². The van der Waals surface area contributed by atoms with Gasteiger partial charge in [-0.2, -0.15) is 0 Å². The summed E-state index contributed by atoms with van der Waals surface area (Å²) in [4.78, 5) is 15.6. The van der Waals surface area contributed by atoms with E-state index in [0.717, 1.165) is 83.0 Å². The van der Waals surface area contributed by atoms with E-state index in [-0.39, 0.29) is 0 Å². The summed E-state index contributed by atoms with van der Waals surface area (Å²) in [6.45, 7) is 0. The summed E-state index contributed by atoms with van der Waals surface area (Å²) in [6.07, 6.45) is 0. The van der Waals surface area contributed by atoms with Crippen molar-refractivity contribution in [3.8, 4) is 73.2 Å². The summed E-state index contributed by atoms with van der Waals surface area (Å²) in [5, 5.41) is 4.39. The van der Waals surface area contributed by atoms with Crippen molar-refractivity contribution in [1.29, 1.82) is 0 Å². The second-order valence-corrected chi connectivity index (χ2v) is 15.6. The van der Waals surface area contributed by atoms with Gasteiger partial charge in [0.2, 0.25) is 0 Å². The van der Waals surface area contributed by atoms with Crippen LogP contribution in [0.3, 0.4) is 0 Å². The molecular weight excluding hydrogens is 757 g/mol. The third-order valence-electron chi connectivity index (χ3n) is 11.9. The van der Waals surface area contributed by atoms with Gasteiger partial charge in [-0.05, 0) is 75.8 Å². The van der Waals surface area contributed by atoms with Gasteiger partial charge >= 0.3 is 0 Å². The zero-order valence-corrected chi connectivity index (χ0v) is 33.5. The van der Waals surface area contributed by atoms with Gasteiger partial charge in [-0.1, -0.05) is 176 Å². The first-order valence-corrected chi connectivity index (χ1v) is 20.8. The Morgan fingerprint density at radius 2 is 0.839 bits per heavy atom. The molecule has 3 aromatic heterocycles. The maximum absolute atomic E-state index is 6.93. The van der Waals surface area contributed by atoms with Gasteiger partial charge in [-0.15, -0.1) is 0 Å². The maximum atomic E-state index is 6.93. The Kier molecular flexibility index (Phi) is 8.42. The number of para-hydroxylation sites is 2. The molecule has 0 fully saturated rings. The van der Waals surface area contributed by atoms with Crippen LogP contribution in [0.25, 0.3) is 117 Å². The van der Waals surface area contributed by atoms with Crippen molar-refractivity contribution < 1.29 is 4.42 Å². The predicted molar refractivity (Wildman–Crippen MR) is 254 cm³/mol. The lowest BCUT2D eigenvalue weighted by Crippen LogP contribution is -2.00. The molecule has 62 heavy (non-hydrogen) atoms. The van der Waals surface area contributed by atoms with Gasteiger partial charge in [0.25, 0.3) is 0 Å². The summed E-state index contributed by atoms with van der Waals surface area (Å²) in [5.74, 6) is 1.72. The quantitative estimate of drug-likeness (QED) is 0.161. The largest absolute Gasteiger partial charge is 0.455 e. The minimum atomic E-state index is 0.542. The molecule has 0 radical (unpaired) electrons. The summed E-state index contributed by atoms with van der Waals surface area (Å²) in [6, 6.07) is 76.2. The SMILES string of the molecule is c1ccc(-c2ccc(-c3nc(-c4cccc(-c5ccccc5)c4)nc(-c4cccc5c4oc4ccc6c7ccccc7n(-c7ccc(-c8ccccc8)cc7)c6c45)n3)cc2)cc1. The zero-order chi connectivity index (χ0) is 41.0. The third kappa shape index (κ3) is 6.06. The number of rotatable bonds is 7. The summed E-state index contributed by atoms with van der Waals surface area (Å²) >= 11 is 0. The molecule has 0 saturated carbocycles. The second-order valence-electron chi connectivity index (χ2n) is 15.6. The monoisotopic (exact) mass is 792 g/mol. The Balaban J connectivity index is 1.06. The summed E-state index contributed by atoms with van der Waals surface area (Å²) < 4.78 is 9.31. The van der Waals surface area contributed by atoms with E-state index in [1.807, 2.05) is 12.1 Å². The third-order valence-corrected chi connectivity index (χ3v) is 11.9. The van der Waals surface area contributed by atoms with Crippen LogP contribution in [0.4, 0.5) is 0 Å². The molecule has 0 saturated heterocycles. The zero-order valence-electron chi connectivity index (χ0n) is 33.5. The Bertz CT molecular complexity index is 3590. The average molecular weight is 793 g/mol. The molecule has 0 spiro atoms. The molecule has 0 N–H and O–H groups in total. The normalized spacial score (nSPS) is 11.5. The van der Waals surface area contributed by atoms with E-state index in [1.165, 1.54) is 16.5 Å². The number of benzene rings is 9. The van der Waals surface area contributed by atoms with Crippen LogP contribution in [-0.2, 0) is 0 Å². The van der Waals surface area contributed by atoms with Crippen LogP contribution >= 0.6 is 0 Å². The molecule has 5 heteroatoms. The van der Waals surface area contributed by atoms with Crippen LogP contribution in [-0.4, -0.2) is 19.5 Å². The number of hydrogen-bond acceptors (Lipinski definition) is 4. The number of hydrogen-bond donors (Lipinski definition) is 0. The van der Waals surface area contributed by atoms with Crippen molar-refractivity contribution in [3.05, 3.63) is 218 Å². The van der Waals surface area contributed by atoms with Crippen molar-refractivity contribution >= 4 is 43.7 Å². The molecule has 0 aliphatic rings. The van der Waals surface area contributed by atoms with Gasteiger partial charge in [0.1, 0.15) is 11.2 Å². The first-order valence-electron chi connectivity index (χ1n) is 20.8. The molecule has 290 valence electrons. The topological polar surface area (TPSA) is 56.7 Å². The lowest BCUT2D eigenvalue weighted by Gasteiger charge is -2.11. The molecule has 0 unspecified atom stereocenters. The Labute approximate surface area is 357 Å². The molecule has 9 aromatic carbocycles. The molecule has 0 bridgehead atoms. The van der Waals surface area contributed by atoms with Gasteiger partial charge in [0.05, 0.1) is 22.0 Å². The van der Waals surface area contributed by atoms with Crippen LogP contribution in [0.15, 0.2) is 223 Å². The van der Waals surface area contributed by atoms with Crippen LogP contribution in [0.5, 0.6) is 0 Å². The highest BCUT2D eigenvalue weighted by Crippen LogP contribution is 2.43. The Morgan fingerprint density at radius 1 is 0.339 bits per heavy atom. The van der Waals surface area contributed by atoms with Crippen molar-refractivity contribution in [2.24, 2.45) is 0 Å². The number of furan rings is 1. The standard InChI is InChI=1S/C57H36N4O/c1-4-14-37(15-5-1)40-26-28-42(29-27-40)55-58-56(44-21-12-20-43(36-44)39-18-8-3-9-19-39)60-57(59-55)49-24-13-23-48-52-51(62-54(48)49)35-34-47-46-22-10-11-25-50(46)61(53(47)52)45-32-30-41(31-33-45)38-16-6-2-7-17-38/h1-36H. The molecule has 0 amide bonds. The lowest BCUT2D eigenvalue weighted by molar-refractivity contribution is 0.669. The Hall–Kier alpha value is -8.41. The highest BCUT2D eigenvalue weighted by atomic mass is 16.3. The van der Waals surface area contributed by atoms with E-state index in [9.17, 15) is 0 Å². The predicted octanol–water partition coefficient (Wildman–Crippen LogP) is 14.9. The fraction of sp³-hybridized carbons (Fsp3) is 0. The van der Waals surface area contributed by atoms with Gasteiger partial charge in [-0.25, -0.2) is 15.0 Å². The number of fused-ring (bicyclic) bond motifs is 7. The second kappa shape index (κ2) is 14.7. The molecule has 3 heterocycles. The molecule has 0 aliphatic carbocycles.